The van der Waals surface area contributed by atoms with Crippen LogP contribution in [0.1, 0.15) is 37.1 Å². The number of carbonyl (C=O) groups is 1. The van der Waals surface area contributed by atoms with Crippen LogP contribution in [0.4, 0.5) is 11.4 Å². The number of fused-ring (bicyclic) bond motifs is 1. The number of benzene rings is 2. The van der Waals surface area contributed by atoms with Crippen LogP contribution in [-0.4, -0.2) is 36.0 Å². The van der Waals surface area contributed by atoms with Crippen LogP contribution in [-0.2, 0) is 11.4 Å². The number of aliphatic imine (C=N–C) groups is 1. The number of halogens is 1. The van der Waals surface area contributed by atoms with Crippen molar-refractivity contribution >= 4 is 34.8 Å². The van der Waals surface area contributed by atoms with Crippen LogP contribution in [0.25, 0.3) is 0 Å². The first-order valence-electron chi connectivity index (χ1n) is 12.7. The Labute approximate surface area is 226 Å². The molecule has 3 heterocycles. The number of hydrogen-bond acceptors (Lipinski definition) is 8. The van der Waals surface area contributed by atoms with Crippen LogP contribution in [0.15, 0.2) is 65.8 Å². The van der Waals surface area contributed by atoms with Gasteiger partial charge in [0.25, 0.3) is 0 Å². The summed E-state index contributed by atoms with van der Waals surface area (Å²) >= 11 is 6.47. The highest BCUT2D eigenvalue weighted by Crippen LogP contribution is 2.35. The molecule has 2 atom stereocenters. The number of primary amides is 1. The number of nitrogens with zero attached hydrogens (tertiary/aromatic N) is 2. The minimum atomic E-state index is -0.832. The number of nitrogens with one attached hydrogen (secondary N) is 3. The first-order chi connectivity index (χ1) is 18.5. The molecule has 1 aromatic heterocycles. The van der Waals surface area contributed by atoms with Gasteiger partial charge in [0, 0.05) is 23.5 Å². The van der Waals surface area contributed by atoms with Gasteiger partial charge in [-0.1, -0.05) is 23.7 Å². The highest BCUT2D eigenvalue weighted by atomic mass is 35.5. The largest absolute Gasteiger partial charge is 0.490 e. The summed E-state index contributed by atoms with van der Waals surface area (Å²) < 4.78 is 12.1. The van der Waals surface area contributed by atoms with E-state index < -0.39 is 11.9 Å². The molecular formula is C28H31ClN6O3. The minimum Gasteiger partial charge on any atom is -0.490 e. The minimum absolute atomic E-state index is 0.0810. The molecular weight excluding hydrogens is 504 g/mol. The Morgan fingerprint density at radius 2 is 2.03 bits per heavy atom. The lowest BCUT2D eigenvalue weighted by Crippen LogP contribution is -2.35. The quantitative estimate of drug-likeness (QED) is 0.335. The summed E-state index contributed by atoms with van der Waals surface area (Å²) in [5.41, 5.74) is 8.58. The number of anilines is 2. The highest BCUT2D eigenvalue weighted by Gasteiger charge is 2.27. The molecule has 0 saturated carbocycles. The summed E-state index contributed by atoms with van der Waals surface area (Å²) in [7, 11) is 0. The first kappa shape index (κ1) is 25.8. The molecule has 2 aliphatic rings. The first-order valence-corrected chi connectivity index (χ1v) is 13.1. The number of amides is 1. The van der Waals surface area contributed by atoms with Gasteiger partial charge in [0.15, 0.2) is 6.04 Å². The second-order valence-electron chi connectivity index (χ2n) is 9.45. The van der Waals surface area contributed by atoms with E-state index in [0.717, 1.165) is 37.4 Å². The standard InChI is InChI=1S/C28H31ClN6O3/c1-17(18-9-12-31-13-10-18)38-21-6-7-22-24(15-21)34-28(35-26(22)27(30)36)33-19-5-8-25(23(29)14-19)37-16-20-4-2-3-11-32-20/h2-8,11,14-15,17-18,26,31H,9-10,12-13,16H2,1H3,(H2,30,36)(H2,33,34,35). The van der Waals surface area contributed by atoms with Gasteiger partial charge in [-0.2, -0.15) is 0 Å². The molecule has 1 amide bonds. The molecule has 2 aromatic carbocycles. The summed E-state index contributed by atoms with van der Waals surface area (Å²) in [6.07, 6.45) is 3.97. The number of aromatic nitrogens is 1. The Balaban J connectivity index is 1.28. The number of hydrogen-bond donors (Lipinski definition) is 4. The number of nitrogens with two attached hydrogens (primary N) is 1. The molecule has 5 rings (SSSR count). The fraction of sp³-hybridized carbons (Fsp3) is 0.321. The van der Waals surface area contributed by atoms with Gasteiger partial charge < -0.3 is 31.2 Å². The average molecular weight is 535 g/mol. The van der Waals surface area contributed by atoms with Crippen molar-refractivity contribution in [3.63, 3.8) is 0 Å². The van der Waals surface area contributed by atoms with Gasteiger partial charge in [0.05, 0.1) is 22.5 Å². The summed E-state index contributed by atoms with van der Waals surface area (Å²) in [6.45, 7) is 4.44. The van der Waals surface area contributed by atoms with Crippen molar-refractivity contribution < 1.29 is 14.3 Å². The lowest BCUT2D eigenvalue weighted by molar-refractivity contribution is -0.119. The van der Waals surface area contributed by atoms with E-state index in [9.17, 15) is 4.79 Å². The highest BCUT2D eigenvalue weighted by molar-refractivity contribution is 6.32. The second-order valence-corrected chi connectivity index (χ2v) is 9.85. The summed E-state index contributed by atoms with van der Waals surface area (Å²) in [6, 6.07) is 15.7. The van der Waals surface area contributed by atoms with E-state index in [1.807, 2.05) is 42.5 Å². The van der Waals surface area contributed by atoms with Crippen LogP contribution in [0.5, 0.6) is 11.5 Å². The van der Waals surface area contributed by atoms with Crippen molar-refractivity contribution in [2.75, 3.05) is 23.7 Å². The normalized spacial score (nSPS) is 17.9. The Bertz CT molecular complexity index is 1310. The van der Waals surface area contributed by atoms with E-state index in [4.69, 9.17) is 26.8 Å². The molecule has 1 fully saturated rings. The monoisotopic (exact) mass is 534 g/mol. The van der Waals surface area contributed by atoms with Crippen molar-refractivity contribution in [3.05, 3.63) is 77.1 Å². The van der Waals surface area contributed by atoms with Crippen molar-refractivity contribution in [3.8, 4) is 11.5 Å². The van der Waals surface area contributed by atoms with Gasteiger partial charge in [-0.05, 0) is 75.2 Å². The molecule has 0 aliphatic carbocycles. The fourth-order valence-corrected chi connectivity index (χ4v) is 4.92. The topological polar surface area (TPSA) is 123 Å². The van der Waals surface area contributed by atoms with Crippen LogP contribution < -0.4 is 31.2 Å². The second kappa shape index (κ2) is 11.7. The Hall–Kier alpha value is -3.82. The SMILES string of the molecule is CC(Oc1ccc2c(c1)NC(Nc1ccc(OCc3ccccn3)c(Cl)c1)=NC2C(N)=O)C1CCNCC1. The zero-order valence-electron chi connectivity index (χ0n) is 21.1. The molecule has 1 saturated heterocycles. The third-order valence-corrected chi connectivity index (χ3v) is 7.06. The molecule has 3 aromatic rings. The maximum atomic E-state index is 12.3. The number of rotatable bonds is 8. The van der Waals surface area contributed by atoms with Gasteiger partial charge in [-0.15, -0.1) is 0 Å². The molecule has 9 nitrogen and oxygen atoms in total. The molecule has 10 heteroatoms. The van der Waals surface area contributed by atoms with Gasteiger partial charge in [0.2, 0.25) is 11.9 Å². The molecule has 38 heavy (non-hydrogen) atoms. The number of guanidine groups is 1. The maximum absolute atomic E-state index is 12.3. The van der Waals surface area contributed by atoms with E-state index >= 15 is 0 Å². The number of carbonyl (C=O) groups excluding carboxylic acids is 1. The average Bonchev–Trinajstić information content (AvgIpc) is 2.93. The predicted octanol–water partition coefficient (Wildman–Crippen LogP) is 4.50. The number of pyridine rings is 1. The molecule has 0 radical (unpaired) electrons. The Morgan fingerprint density at radius 3 is 2.76 bits per heavy atom. The van der Waals surface area contributed by atoms with Gasteiger partial charge in [0.1, 0.15) is 18.1 Å². The van der Waals surface area contributed by atoms with Crippen LogP contribution in [0.3, 0.4) is 0 Å². The van der Waals surface area contributed by atoms with E-state index in [1.165, 1.54) is 0 Å². The summed E-state index contributed by atoms with van der Waals surface area (Å²) in [5, 5.41) is 10.3. The van der Waals surface area contributed by atoms with Crippen LogP contribution >= 0.6 is 11.6 Å². The van der Waals surface area contributed by atoms with E-state index in [0.29, 0.717) is 46.2 Å². The zero-order valence-corrected chi connectivity index (χ0v) is 21.9. The van der Waals surface area contributed by atoms with Crippen LogP contribution in [0.2, 0.25) is 5.02 Å². The Kier molecular flexibility index (Phi) is 7.95. The number of ether oxygens (including phenoxy) is 2. The summed E-state index contributed by atoms with van der Waals surface area (Å²) in [4.78, 5) is 21.0. The van der Waals surface area contributed by atoms with Crippen molar-refractivity contribution in [1.29, 1.82) is 0 Å². The molecule has 198 valence electrons. The van der Waals surface area contributed by atoms with Gasteiger partial charge >= 0.3 is 0 Å². The lowest BCUT2D eigenvalue weighted by Gasteiger charge is -2.29. The smallest absolute Gasteiger partial charge is 0.247 e. The lowest BCUT2D eigenvalue weighted by atomic mass is 9.93. The van der Waals surface area contributed by atoms with E-state index in [-0.39, 0.29) is 6.10 Å². The van der Waals surface area contributed by atoms with Crippen molar-refractivity contribution in [2.45, 2.75) is 38.5 Å². The maximum Gasteiger partial charge on any atom is 0.247 e. The van der Waals surface area contributed by atoms with Crippen molar-refractivity contribution in [1.82, 2.24) is 10.3 Å². The number of piperidine rings is 1. The molecule has 2 unspecified atom stereocenters. The third-order valence-electron chi connectivity index (χ3n) is 6.77. The Morgan fingerprint density at radius 1 is 1.18 bits per heavy atom. The van der Waals surface area contributed by atoms with E-state index in [2.05, 4.69) is 32.9 Å². The fourth-order valence-electron chi connectivity index (χ4n) is 4.69. The van der Waals surface area contributed by atoms with Crippen LogP contribution in [0, 0.1) is 5.92 Å². The van der Waals surface area contributed by atoms with E-state index in [1.54, 1.807) is 18.3 Å². The summed E-state index contributed by atoms with van der Waals surface area (Å²) in [5.74, 6) is 1.59. The zero-order chi connectivity index (χ0) is 26.5. The van der Waals surface area contributed by atoms with Crippen molar-refractivity contribution in [2.24, 2.45) is 16.6 Å². The molecule has 5 N–H and O–H groups in total. The molecule has 0 bridgehead atoms. The van der Waals surface area contributed by atoms with Gasteiger partial charge in [-0.3, -0.25) is 9.78 Å². The predicted molar refractivity (Wildman–Crippen MR) is 149 cm³/mol. The molecule has 2 aliphatic heterocycles. The third kappa shape index (κ3) is 6.17. The van der Waals surface area contributed by atoms with Gasteiger partial charge in [-0.25, -0.2) is 4.99 Å². The molecule has 0 spiro atoms.